The monoisotopic (exact) mass is 345 g/mol. The highest BCUT2D eigenvalue weighted by molar-refractivity contribution is 6.35. The number of benzene rings is 1. The van der Waals surface area contributed by atoms with Crippen molar-refractivity contribution in [3.05, 3.63) is 33.8 Å². The maximum atomic E-state index is 6.42. The lowest BCUT2D eigenvalue weighted by Gasteiger charge is -2.33. The van der Waals surface area contributed by atoms with Gasteiger partial charge in [0.25, 0.3) is 0 Å². The average Bonchev–Trinajstić information content (AvgIpc) is 3.10. The molecule has 2 aliphatic heterocycles. The zero-order chi connectivity index (χ0) is 15.6. The van der Waals surface area contributed by atoms with Gasteiger partial charge in [0.05, 0.1) is 24.8 Å². The Bertz CT molecular complexity index is 522. The van der Waals surface area contributed by atoms with Crippen molar-refractivity contribution in [1.29, 1.82) is 0 Å². The molecule has 2 aliphatic rings. The van der Waals surface area contributed by atoms with Crippen LogP contribution in [-0.4, -0.2) is 51.0 Å². The standard InChI is InChI=1S/C16H21Cl2NO3/c1-20-9-13-10-21-16(22-13,11-19-6-2-3-7-19)14-5-4-12(17)8-15(14)18/h4-5,8,13H,2-3,6-7,9-11H2,1H3. The van der Waals surface area contributed by atoms with Crippen LogP contribution in [0.3, 0.4) is 0 Å². The molecule has 0 saturated carbocycles. The second kappa shape index (κ2) is 7.04. The number of halogens is 2. The van der Waals surface area contributed by atoms with Crippen molar-refractivity contribution in [2.45, 2.75) is 24.7 Å². The summed E-state index contributed by atoms with van der Waals surface area (Å²) in [6.07, 6.45) is 2.34. The van der Waals surface area contributed by atoms with E-state index in [9.17, 15) is 0 Å². The van der Waals surface area contributed by atoms with Crippen LogP contribution >= 0.6 is 23.2 Å². The number of nitrogens with zero attached hydrogens (tertiary/aromatic N) is 1. The Hall–Kier alpha value is -0.360. The summed E-state index contributed by atoms with van der Waals surface area (Å²) in [5, 5.41) is 1.18. The van der Waals surface area contributed by atoms with Gasteiger partial charge in [-0.2, -0.15) is 0 Å². The van der Waals surface area contributed by atoms with Gasteiger partial charge < -0.3 is 14.2 Å². The van der Waals surface area contributed by atoms with Gasteiger partial charge in [-0.3, -0.25) is 4.90 Å². The molecule has 0 aliphatic carbocycles. The fraction of sp³-hybridized carbons (Fsp3) is 0.625. The fourth-order valence-corrected chi connectivity index (χ4v) is 3.73. The van der Waals surface area contributed by atoms with Crippen molar-refractivity contribution in [2.75, 3.05) is 40.0 Å². The summed E-state index contributed by atoms with van der Waals surface area (Å²) in [5.74, 6) is -0.838. The number of hydrogen-bond acceptors (Lipinski definition) is 4. The second-order valence-corrected chi connectivity index (χ2v) is 6.71. The summed E-state index contributed by atoms with van der Waals surface area (Å²) < 4.78 is 17.5. The molecule has 122 valence electrons. The van der Waals surface area contributed by atoms with E-state index in [0.717, 1.165) is 18.7 Å². The Morgan fingerprint density at radius 2 is 2.09 bits per heavy atom. The van der Waals surface area contributed by atoms with Crippen molar-refractivity contribution < 1.29 is 14.2 Å². The molecule has 0 spiro atoms. The molecule has 22 heavy (non-hydrogen) atoms. The molecule has 0 radical (unpaired) electrons. The predicted octanol–water partition coefficient (Wildman–Crippen LogP) is 3.30. The Balaban J connectivity index is 1.88. The maximum absolute atomic E-state index is 6.42. The van der Waals surface area contributed by atoms with E-state index in [1.807, 2.05) is 12.1 Å². The van der Waals surface area contributed by atoms with Gasteiger partial charge in [-0.05, 0) is 38.1 Å². The van der Waals surface area contributed by atoms with Crippen LogP contribution in [0, 0.1) is 0 Å². The van der Waals surface area contributed by atoms with E-state index in [1.165, 1.54) is 12.8 Å². The molecule has 0 amide bonds. The van der Waals surface area contributed by atoms with Gasteiger partial charge in [0.15, 0.2) is 0 Å². The van der Waals surface area contributed by atoms with Crippen LogP contribution in [0.25, 0.3) is 0 Å². The van der Waals surface area contributed by atoms with E-state index in [1.54, 1.807) is 13.2 Å². The third kappa shape index (κ3) is 3.42. The fourth-order valence-electron chi connectivity index (χ4n) is 3.18. The van der Waals surface area contributed by atoms with Gasteiger partial charge in [0.1, 0.15) is 6.10 Å². The number of likely N-dealkylation sites (tertiary alicyclic amines) is 1. The van der Waals surface area contributed by atoms with Gasteiger partial charge in [-0.15, -0.1) is 0 Å². The normalized spacial score (nSPS) is 29.3. The summed E-state index contributed by atoms with van der Waals surface area (Å²) >= 11 is 12.4. The SMILES string of the molecule is COCC1COC(CN2CCCC2)(c2ccc(Cl)cc2Cl)O1. The maximum Gasteiger partial charge on any atom is 0.210 e. The molecule has 6 heteroatoms. The van der Waals surface area contributed by atoms with Crippen LogP contribution in [0.4, 0.5) is 0 Å². The topological polar surface area (TPSA) is 30.9 Å². The minimum atomic E-state index is -0.838. The molecule has 4 nitrogen and oxygen atoms in total. The molecule has 2 unspecified atom stereocenters. The van der Waals surface area contributed by atoms with Crippen molar-refractivity contribution >= 4 is 23.2 Å². The van der Waals surface area contributed by atoms with Crippen molar-refractivity contribution in [3.8, 4) is 0 Å². The van der Waals surface area contributed by atoms with Gasteiger partial charge in [-0.1, -0.05) is 29.3 Å². The Morgan fingerprint density at radius 1 is 1.32 bits per heavy atom. The van der Waals surface area contributed by atoms with E-state index in [2.05, 4.69) is 4.90 Å². The number of hydrogen-bond donors (Lipinski definition) is 0. The number of rotatable bonds is 5. The summed E-state index contributed by atoms with van der Waals surface area (Å²) in [7, 11) is 1.67. The van der Waals surface area contributed by atoms with Gasteiger partial charge in [0, 0.05) is 17.7 Å². The van der Waals surface area contributed by atoms with Crippen LogP contribution in [0.1, 0.15) is 18.4 Å². The first-order valence-corrected chi connectivity index (χ1v) is 8.37. The van der Waals surface area contributed by atoms with Gasteiger partial charge in [-0.25, -0.2) is 0 Å². The third-order valence-electron chi connectivity index (χ3n) is 4.18. The Kier molecular flexibility index (Phi) is 5.28. The van der Waals surface area contributed by atoms with E-state index >= 15 is 0 Å². The summed E-state index contributed by atoms with van der Waals surface area (Å²) in [6, 6.07) is 5.46. The molecule has 2 atom stereocenters. The average molecular weight is 346 g/mol. The summed E-state index contributed by atoms with van der Waals surface area (Å²) in [5.41, 5.74) is 0.837. The van der Waals surface area contributed by atoms with E-state index in [0.29, 0.717) is 29.8 Å². The molecular weight excluding hydrogens is 325 g/mol. The minimum Gasteiger partial charge on any atom is -0.382 e. The molecule has 2 saturated heterocycles. The zero-order valence-corrected chi connectivity index (χ0v) is 14.2. The molecule has 0 bridgehead atoms. The summed E-state index contributed by atoms with van der Waals surface area (Å²) in [4.78, 5) is 2.36. The van der Waals surface area contributed by atoms with Crippen LogP contribution in [-0.2, 0) is 20.0 Å². The number of ether oxygens (including phenoxy) is 3. The predicted molar refractivity (Wildman–Crippen MR) is 86.5 cm³/mol. The highest BCUT2D eigenvalue weighted by Gasteiger charge is 2.46. The van der Waals surface area contributed by atoms with Gasteiger partial charge >= 0.3 is 0 Å². The van der Waals surface area contributed by atoms with Crippen LogP contribution in [0.2, 0.25) is 10.0 Å². The first-order valence-electron chi connectivity index (χ1n) is 7.61. The Labute approximate surface area is 141 Å². The lowest BCUT2D eigenvalue weighted by atomic mass is 10.0. The van der Waals surface area contributed by atoms with E-state index in [-0.39, 0.29) is 6.10 Å². The van der Waals surface area contributed by atoms with Crippen LogP contribution < -0.4 is 0 Å². The lowest BCUT2D eigenvalue weighted by Crippen LogP contribution is -2.41. The summed E-state index contributed by atoms with van der Waals surface area (Å²) in [6.45, 7) is 3.81. The first-order chi connectivity index (χ1) is 10.6. The third-order valence-corrected chi connectivity index (χ3v) is 4.73. The first kappa shape index (κ1) is 16.5. The largest absolute Gasteiger partial charge is 0.382 e. The van der Waals surface area contributed by atoms with Crippen molar-refractivity contribution in [1.82, 2.24) is 4.90 Å². The lowest BCUT2D eigenvalue weighted by molar-refractivity contribution is -0.191. The molecule has 2 heterocycles. The highest BCUT2D eigenvalue weighted by atomic mass is 35.5. The smallest absolute Gasteiger partial charge is 0.210 e. The second-order valence-electron chi connectivity index (χ2n) is 5.87. The molecule has 1 aromatic carbocycles. The molecular formula is C16H21Cl2NO3. The zero-order valence-electron chi connectivity index (χ0n) is 12.7. The molecule has 1 aromatic rings. The molecule has 3 rings (SSSR count). The molecule has 2 fully saturated rings. The highest BCUT2D eigenvalue weighted by Crippen LogP contribution is 2.40. The van der Waals surface area contributed by atoms with Crippen molar-refractivity contribution in [2.24, 2.45) is 0 Å². The quantitative estimate of drug-likeness (QED) is 0.819. The minimum absolute atomic E-state index is 0.0839. The molecule has 0 N–H and O–H groups in total. The van der Waals surface area contributed by atoms with Crippen molar-refractivity contribution in [3.63, 3.8) is 0 Å². The van der Waals surface area contributed by atoms with Crippen LogP contribution in [0.15, 0.2) is 18.2 Å². The number of methoxy groups -OCH3 is 1. The van der Waals surface area contributed by atoms with E-state index < -0.39 is 5.79 Å². The molecule has 0 aromatic heterocycles. The van der Waals surface area contributed by atoms with E-state index in [4.69, 9.17) is 37.4 Å². The Morgan fingerprint density at radius 3 is 2.77 bits per heavy atom. The van der Waals surface area contributed by atoms with Gasteiger partial charge in [0.2, 0.25) is 5.79 Å². The van der Waals surface area contributed by atoms with Crippen LogP contribution in [0.5, 0.6) is 0 Å².